The van der Waals surface area contributed by atoms with E-state index in [1.54, 1.807) is 42.5 Å². The van der Waals surface area contributed by atoms with E-state index >= 15 is 0 Å². The Morgan fingerprint density at radius 3 is 1.90 bits per heavy atom. The third kappa shape index (κ3) is 5.21. The predicted molar refractivity (Wildman–Crippen MR) is 118 cm³/mol. The van der Waals surface area contributed by atoms with Crippen molar-refractivity contribution in [3.05, 3.63) is 106 Å². The van der Waals surface area contributed by atoms with Gasteiger partial charge in [-0.3, -0.25) is 0 Å². The van der Waals surface area contributed by atoms with Crippen molar-refractivity contribution in [1.29, 1.82) is 0 Å². The summed E-state index contributed by atoms with van der Waals surface area (Å²) in [5, 5.41) is 0. The molecular formula is C27H24F2. The van der Waals surface area contributed by atoms with Gasteiger partial charge in [-0.1, -0.05) is 78.8 Å². The van der Waals surface area contributed by atoms with Gasteiger partial charge in [0.2, 0.25) is 0 Å². The smallest absolute Gasteiger partial charge is 0.166 e. The number of hydrogen-bond acceptors (Lipinski definition) is 0. The Kier molecular flexibility index (Phi) is 6.62. The molecular weight excluding hydrogens is 362 g/mol. The summed E-state index contributed by atoms with van der Waals surface area (Å²) in [6, 6.07) is 19.8. The van der Waals surface area contributed by atoms with Crippen LogP contribution < -0.4 is 0 Å². The maximum atomic E-state index is 14.8. The van der Waals surface area contributed by atoms with Crippen molar-refractivity contribution >= 4 is 11.7 Å². The maximum absolute atomic E-state index is 14.8. The molecule has 0 radical (unpaired) electrons. The van der Waals surface area contributed by atoms with Gasteiger partial charge in [0.25, 0.3) is 0 Å². The fourth-order valence-corrected chi connectivity index (χ4v) is 3.06. The minimum absolute atomic E-state index is 0.243. The fraction of sp³-hybridized carbons (Fsp3) is 0.185. The van der Waals surface area contributed by atoms with E-state index in [1.807, 2.05) is 38.1 Å². The Labute approximate surface area is 171 Å². The van der Waals surface area contributed by atoms with Crippen LogP contribution in [0.1, 0.15) is 52.3 Å². The Hall–Kier alpha value is -3.18. The van der Waals surface area contributed by atoms with Gasteiger partial charge < -0.3 is 0 Å². The molecule has 0 unspecified atom stereocenters. The number of aryl methyl sites for hydroxylation is 3. The summed E-state index contributed by atoms with van der Waals surface area (Å²) in [4.78, 5) is 0. The summed E-state index contributed by atoms with van der Waals surface area (Å²) in [7, 11) is 0. The van der Waals surface area contributed by atoms with Gasteiger partial charge >= 0.3 is 0 Å². The van der Waals surface area contributed by atoms with E-state index in [4.69, 9.17) is 0 Å². The lowest BCUT2D eigenvalue weighted by Crippen LogP contribution is -1.93. The zero-order valence-corrected chi connectivity index (χ0v) is 17.0. The lowest BCUT2D eigenvalue weighted by molar-refractivity contribution is 0.700. The molecule has 3 rings (SSSR count). The number of hydrogen-bond donors (Lipinski definition) is 0. The maximum Gasteiger partial charge on any atom is 0.166 e. The lowest BCUT2D eigenvalue weighted by atomic mass is 9.98. The van der Waals surface area contributed by atoms with Crippen molar-refractivity contribution in [1.82, 2.24) is 0 Å². The molecule has 3 aromatic carbocycles. The van der Waals surface area contributed by atoms with Gasteiger partial charge in [0.15, 0.2) is 11.7 Å². The summed E-state index contributed by atoms with van der Waals surface area (Å²) in [5.41, 5.74) is 5.38. The third-order valence-corrected chi connectivity index (χ3v) is 4.77. The van der Waals surface area contributed by atoms with E-state index in [2.05, 4.69) is 18.8 Å². The minimum Gasteiger partial charge on any atom is -0.203 e. The molecule has 0 bridgehead atoms. The molecule has 2 heteroatoms. The van der Waals surface area contributed by atoms with Crippen molar-refractivity contribution < 1.29 is 8.78 Å². The van der Waals surface area contributed by atoms with Crippen LogP contribution in [0.5, 0.6) is 0 Å². The van der Waals surface area contributed by atoms with Gasteiger partial charge in [-0.15, -0.1) is 0 Å². The quantitative estimate of drug-likeness (QED) is 0.323. The van der Waals surface area contributed by atoms with Gasteiger partial charge in [-0.2, -0.15) is 0 Å². The Bertz CT molecular complexity index is 1080. The number of halogens is 2. The highest BCUT2D eigenvalue weighted by atomic mass is 19.2. The molecule has 0 aromatic heterocycles. The first-order chi connectivity index (χ1) is 14.0. The monoisotopic (exact) mass is 386 g/mol. The summed E-state index contributed by atoms with van der Waals surface area (Å²) >= 11 is 0. The molecule has 0 N–H and O–H groups in total. The van der Waals surface area contributed by atoms with Gasteiger partial charge in [-0.05, 0) is 50.1 Å². The normalized spacial score (nSPS) is 11.5. The van der Waals surface area contributed by atoms with Crippen molar-refractivity contribution in [2.24, 2.45) is 0 Å². The molecule has 0 saturated carbocycles. The number of rotatable bonds is 4. The van der Waals surface area contributed by atoms with Crippen molar-refractivity contribution in [2.45, 2.75) is 33.6 Å². The first kappa shape index (κ1) is 20.6. The van der Waals surface area contributed by atoms with Crippen molar-refractivity contribution in [2.75, 3.05) is 0 Å². The second-order valence-corrected chi connectivity index (χ2v) is 7.23. The highest BCUT2D eigenvalue weighted by molar-refractivity contribution is 5.83. The zero-order chi connectivity index (χ0) is 20.8. The van der Waals surface area contributed by atoms with Crippen LogP contribution in [0.3, 0.4) is 0 Å². The molecule has 29 heavy (non-hydrogen) atoms. The summed E-state index contributed by atoms with van der Waals surface area (Å²) in [6.07, 6.45) is 1.65. The molecule has 0 heterocycles. The topological polar surface area (TPSA) is 0 Å². The highest BCUT2D eigenvalue weighted by Crippen LogP contribution is 2.30. The molecule has 0 aliphatic carbocycles. The van der Waals surface area contributed by atoms with Crippen molar-refractivity contribution in [3.63, 3.8) is 0 Å². The predicted octanol–water partition coefficient (Wildman–Crippen LogP) is 7.42. The molecule has 0 aliphatic heterocycles. The van der Waals surface area contributed by atoms with Crippen molar-refractivity contribution in [3.8, 4) is 11.8 Å². The first-order valence-corrected chi connectivity index (χ1v) is 9.82. The van der Waals surface area contributed by atoms with Crippen LogP contribution in [-0.4, -0.2) is 0 Å². The Morgan fingerprint density at radius 1 is 0.724 bits per heavy atom. The van der Waals surface area contributed by atoms with E-state index in [1.165, 1.54) is 5.56 Å². The molecule has 0 amide bonds. The summed E-state index contributed by atoms with van der Waals surface area (Å²) < 4.78 is 29.5. The van der Waals surface area contributed by atoms with E-state index < -0.39 is 11.7 Å². The third-order valence-electron chi connectivity index (χ3n) is 4.77. The molecule has 0 saturated heterocycles. The first-order valence-electron chi connectivity index (χ1n) is 9.82. The van der Waals surface area contributed by atoms with Gasteiger partial charge in [0.05, 0.1) is 0 Å². The van der Waals surface area contributed by atoms with E-state index in [0.29, 0.717) is 0 Å². The largest absolute Gasteiger partial charge is 0.203 e. The lowest BCUT2D eigenvalue weighted by Gasteiger charge is -2.08. The second-order valence-electron chi connectivity index (χ2n) is 7.23. The van der Waals surface area contributed by atoms with Crippen LogP contribution in [0.2, 0.25) is 0 Å². The molecule has 0 aliphatic rings. The highest BCUT2D eigenvalue weighted by Gasteiger charge is 2.13. The fourth-order valence-electron chi connectivity index (χ4n) is 3.06. The Balaban J connectivity index is 1.96. The number of benzene rings is 3. The average Bonchev–Trinajstić information content (AvgIpc) is 2.73. The van der Waals surface area contributed by atoms with E-state index in [-0.39, 0.29) is 11.1 Å². The molecule has 0 fully saturated rings. The second kappa shape index (κ2) is 9.34. The molecule has 0 atom stereocenters. The van der Waals surface area contributed by atoms with Crippen LogP contribution in [0, 0.1) is 25.7 Å². The SMILES string of the molecule is CCCc1cc(C(F)=C(F)c2ccc(C)cc2)ccc1C#Cc1ccc(C)cc1. The van der Waals surface area contributed by atoms with Gasteiger partial charge in [-0.25, -0.2) is 8.78 Å². The van der Waals surface area contributed by atoms with Gasteiger partial charge in [0.1, 0.15) is 0 Å². The molecule has 0 nitrogen and oxygen atoms in total. The van der Waals surface area contributed by atoms with Crippen LogP contribution in [0.4, 0.5) is 8.78 Å². The van der Waals surface area contributed by atoms with E-state index in [9.17, 15) is 8.78 Å². The molecule has 3 aromatic rings. The minimum atomic E-state index is -0.843. The van der Waals surface area contributed by atoms with E-state index in [0.717, 1.165) is 35.1 Å². The van der Waals surface area contributed by atoms with Gasteiger partial charge in [0, 0.05) is 22.3 Å². The Morgan fingerprint density at radius 2 is 1.28 bits per heavy atom. The van der Waals surface area contributed by atoms with Crippen LogP contribution >= 0.6 is 0 Å². The summed E-state index contributed by atoms with van der Waals surface area (Å²) in [5.74, 6) is 4.66. The standard InChI is InChI=1S/C27H24F2/c1-4-5-24-18-25(27(29)26(28)23-13-8-20(3)9-14-23)17-16-22(24)15-12-21-10-6-19(2)7-11-21/h6-11,13-14,16-18H,4-5H2,1-3H3. The van der Waals surface area contributed by atoms with Crippen LogP contribution in [0.25, 0.3) is 11.7 Å². The summed E-state index contributed by atoms with van der Waals surface area (Å²) in [6.45, 7) is 6.01. The average molecular weight is 386 g/mol. The molecule has 0 spiro atoms. The van der Waals surface area contributed by atoms with Crippen LogP contribution in [0.15, 0.2) is 66.7 Å². The molecule has 146 valence electrons. The van der Waals surface area contributed by atoms with Crippen LogP contribution in [-0.2, 0) is 6.42 Å². The zero-order valence-electron chi connectivity index (χ0n) is 17.0.